The molecule has 0 saturated carbocycles. The normalized spacial score (nSPS) is 11.8. The van der Waals surface area contributed by atoms with Gasteiger partial charge in [-0.25, -0.2) is 0 Å². The van der Waals surface area contributed by atoms with Crippen molar-refractivity contribution in [2.75, 3.05) is 6.54 Å². The zero-order valence-electron chi connectivity index (χ0n) is 9.70. The van der Waals surface area contributed by atoms with E-state index in [4.69, 9.17) is 11.7 Å². The highest BCUT2D eigenvalue weighted by molar-refractivity contribution is 5.29. The Labute approximate surface area is 97.3 Å². The van der Waals surface area contributed by atoms with Gasteiger partial charge in [-0.05, 0) is 17.0 Å². The Hall–Kier alpha value is -1.77. The van der Waals surface area contributed by atoms with Crippen molar-refractivity contribution in [3.63, 3.8) is 0 Å². The van der Waals surface area contributed by atoms with Gasteiger partial charge in [-0.2, -0.15) is 5.26 Å². The van der Waals surface area contributed by atoms with E-state index in [0.29, 0.717) is 12.5 Å². The summed E-state index contributed by atoms with van der Waals surface area (Å²) >= 11 is 0. The first-order valence-corrected chi connectivity index (χ1v) is 5.35. The van der Waals surface area contributed by atoms with Gasteiger partial charge in [0, 0.05) is 0 Å². The number of nitrogens with one attached hydrogen (secondary N) is 1. The molecule has 0 bridgehead atoms. The molecule has 0 aliphatic rings. The molecule has 0 fully saturated rings. The van der Waals surface area contributed by atoms with Crippen molar-refractivity contribution in [1.29, 1.82) is 5.26 Å². The first kappa shape index (κ1) is 12.3. The number of hydrogen-bond donors (Lipinski definition) is 1. The molecule has 0 aliphatic heterocycles. The smallest absolute Gasteiger partial charge is 0.122 e. The van der Waals surface area contributed by atoms with Gasteiger partial charge < -0.3 is 0 Å². The minimum absolute atomic E-state index is 0.322. The molecule has 1 unspecified atom stereocenters. The largest absolute Gasteiger partial charge is 0.287 e. The molecule has 0 aromatic heterocycles. The second kappa shape index (κ2) is 5.95. The van der Waals surface area contributed by atoms with Crippen LogP contribution in [0.25, 0.3) is 0 Å². The maximum atomic E-state index is 9.00. The second-order valence-electron chi connectivity index (χ2n) is 3.97. The first-order chi connectivity index (χ1) is 7.69. The summed E-state index contributed by atoms with van der Waals surface area (Å²) in [7, 11) is 0. The van der Waals surface area contributed by atoms with Crippen LogP contribution in [0.4, 0.5) is 0 Å². The molecule has 2 heteroatoms. The Morgan fingerprint density at radius 1 is 1.25 bits per heavy atom. The lowest BCUT2D eigenvalue weighted by Gasteiger charge is -2.11. The lowest BCUT2D eigenvalue weighted by molar-refractivity contribution is 0.690. The number of terminal acetylenes is 1. The van der Waals surface area contributed by atoms with Crippen molar-refractivity contribution in [2.24, 2.45) is 0 Å². The van der Waals surface area contributed by atoms with E-state index in [0.717, 1.165) is 5.56 Å². The summed E-state index contributed by atoms with van der Waals surface area (Å²) in [5, 5.41) is 12.0. The fourth-order valence-electron chi connectivity index (χ4n) is 1.47. The zero-order chi connectivity index (χ0) is 12.0. The predicted molar refractivity (Wildman–Crippen MR) is 65.7 cm³/mol. The summed E-state index contributed by atoms with van der Waals surface area (Å²) < 4.78 is 0. The molecule has 1 aromatic carbocycles. The molecule has 16 heavy (non-hydrogen) atoms. The third-order valence-electron chi connectivity index (χ3n) is 2.47. The number of rotatable bonds is 4. The molecule has 0 heterocycles. The van der Waals surface area contributed by atoms with E-state index in [1.54, 1.807) is 0 Å². The van der Waals surface area contributed by atoms with Gasteiger partial charge in [-0.3, -0.25) is 5.32 Å². The van der Waals surface area contributed by atoms with E-state index in [2.05, 4.69) is 43.3 Å². The molecular formula is C14H16N2. The van der Waals surface area contributed by atoms with Gasteiger partial charge in [0.25, 0.3) is 0 Å². The monoisotopic (exact) mass is 212 g/mol. The van der Waals surface area contributed by atoms with E-state index in [9.17, 15) is 0 Å². The molecule has 1 aromatic rings. The van der Waals surface area contributed by atoms with Crippen molar-refractivity contribution >= 4 is 0 Å². The predicted octanol–water partition coefficient (Wildman–Crippen LogP) is 2.60. The maximum Gasteiger partial charge on any atom is 0.122 e. The van der Waals surface area contributed by atoms with Gasteiger partial charge in [0.05, 0.1) is 12.6 Å². The van der Waals surface area contributed by atoms with Crippen LogP contribution in [0.15, 0.2) is 24.3 Å². The average molecular weight is 212 g/mol. The Bertz CT molecular complexity index is 404. The van der Waals surface area contributed by atoms with Gasteiger partial charge >= 0.3 is 0 Å². The fourth-order valence-corrected chi connectivity index (χ4v) is 1.47. The van der Waals surface area contributed by atoms with Crippen LogP contribution in [-0.4, -0.2) is 6.54 Å². The molecule has 1 atom stereocenters. The fraction of sp³-hybridized carbons (Fsp3) is 0.357. The highest BCUT2D eigenvalue weighted by Gasteiger charge is 2.08. The quantitative estimate of drug-likeness (QED) is 0.779. The minimum atomic E-state index is -0.322. The van der Waals surface area contributed by atoms with Gasteiger partial charge in [0.15, 0.2) is 0 Å². The number of nitriles is 1. The Morgan fingerprint density at radius 3 is 2.25 bits per heavy atom. The molecule has 82 valence electrons. The molecule has 0 aliphatic carbocycles. The number of nitrogens with zero attached hydrogens (tertiary/aromatic N) is 1. The molecule has 0 spiro atoms. The van der Waals surface area contributed by atoms with Gasteiger partial charge in [0.1, 0.15) is 6.04 Å². The van der Waals surface area contributed by atoms with E-state index in [1.165, 1.54) is 5.56 Å². The van der Waals surface area contributed by atoms with Crippen molar-refractivity contribution < 1.29 is 0 Å². The van der Waals surface area contributed by atoms with Crippen LogP contribution >= 0.6 is 0 Å². The molecule has 0 saturated heterocycles. The van der Waals surface area contributed by atoms with Gasteiger partial charge in [0.2, 0.25) is 0 Å². The molecule has 0 radical (unpaired) electrons. The summed E-state index contributed by atoms with van der Waals surface area (Å²) in [5.74, 6) is 2.98. The number of hydrogen-bond acceptors (Lipinski definition) is 2. The second-order valence-corrected chi connectivity index (χ2v) is 3.97. The van der Waals surface area contributed by atoms with Crippen LogP contribution in [0, 0.1) is 23.7 Å². The van der Waals surface area contributed by atoms with Crippen LogP contribution in [0.5, 0.6) is 0 Å². The van der Waals surface area contributed by atoms with Crippen LogP contribution < -0.4 is 5.32 Å². The van der Waals surface area contributed by atoms with Crippen molar-refractivity contribution in [1.82, 2.24) is 5.32 Å². The Balaban J connectivity index is 2.80. The topological polar surface area (TPSA) is 35.8 Å². The lowest BCUT2D eigenvalue weighted by atomic mass is 9.99. The van der Waals surface area contributed by atoms with Crippen LogP contribution in [0.2, 0.25) is 0 Å². The summed E-state index contributed by atoms with van der Waals surface area (Å²) in [6, 6.07) is 9.95. The van der Waals surface area contributed by atoms with Crippen molar-refractivity contribution in [2.45, 2.75) is 25.8 Å². The molecule has 0 amide bonds. The SMILES string of the molecule is C#CCNC(C#N)c1ccc(C(C)C)cc1. The van der Waals surface area contributed by atoms with Crippen LogP contribution in [-0.2, 0) is 0 Å². The number of benzene rings is 1. The lowest BCUT2D eigenvalue weighted by Crippen LogP contribution is -2.20. The third kappa shape index (κ3) is 3.12. The Morgan fingerprint density at radius 2 is 1.81 bits per heavy atom. The summed E-state index contributed by atoms with van der Waals surface area (Å²) in [6.45, 7) is 4.70. The van der Waals surface area contributed by atoms with Gasteiger partial charge in [-0.15, -0.1) is 6.42 Å². The third-order valence-corrected chi connectivity index (χ3v) is 2.47. The van der Waals surface area contributed by atoms with Crippen LogP contribution in [0.3, 0.4) is 0 Å². The van der Waals surface area contributed by atoms with E-state index in [-0.39, 0.29) is 6.04 Å². The van der Waals surface area contributed by atoms with Crippen molar-refractivity contribution in [3.8, 4) is 18.4 Å². The highest BCUT2D eigenvalue weighted by atomic mass is 14.9. The standard InChI is InChI=1S/C14H16N2/c1-4-9-16-14(10-15)13-7-5-12(6-8-13)11(2)3/h1,5-8,11,14,16H,9H2,2-3H3. The average Bonchev–Trinajstić information content (AvgIpc) is 2.30. The minimum Gasteiger partial charge on any atom is -0.287 e. The maximum absolute atomic E-state index is 9.00. The van der Waals surface area contributed by atoms with E-state index in [1.807, 2.05) is 12.1 Å². The van der Waals surface area contributed by atoms with Gasteiger partial charge in [-0.1, -0.05) is 44.0 Å². The van der Waals surface area contributed by atoms with Crippen molar-refractivity contribution in [3.05, 3.63) is 35.4 Å². The van der Waals surface area contributed by atoms with E-state index < -0.39 is 0 Å². The van der Waals surface area contributed by atoms with Crippen LogP contribution in [0.1, 0.15) is 36.9 Å². The molecular weight excluding hydrogens is 196 g/mol. The van der Waals surface area contributed by atoms with E-state index >= 15 is 0 Å². The highest BCUT2D eigenvalue weighted by Crippen LogP contribution is 2.18. The summed E-state index contributed by atoms with van der Waals surface area (Å²) in [6.07, 6.45) is 5.15. The summed E-state index contributed by atoms with van der Waals surface area (Å²) in [5.41, 5.74) is 2.24. The Kier molecular flexibility index (Phi) is 4.58. The molecule has 1 rings (SSSR count). The first-order valence-electron chi connectivity index (χ1n) is 5.35. The molecule has 1 N–H and O–H groups in total. The summed E-state index contributed by atoms with van der Waals surface area (Å²) in [4.78, 5) is 0. The zero-order valence-corrected chi connectivity index (χ0v) is 9.70. The molecule has 2 nitrogen and oxygen atoms in total.